The maximum absolute atomic E-state index is 5.48. The minimum atomic E-state index is 0.761. The highest BCUT2D eigenvalue weighted by Crippen LogP contribution is 2.20. The number of nitrogens with zero attached hydrogens (tertiary/aromatic N) is 1. The molecule has 0 unspecified atom stereocenters. The summed E-state index contributed by atoms with van der Waals surface area (Å²) in [7, 11) is 0. The predicted octanol–water partition coefficient (Wildman–Crippen LogP) is 4.21. The Kier molecular flexibility index (Phi) is 5.55. The summed E-state index contributed by atoms with van der Waals surface area (Å²) in [5.74, 6) is 0. The van der Waals surface area contributed by atoms with Crippen molar-refractivity contribution in [1.29, 1.82) is 0 Å². The van der Waals surface area contributed by atoms with Crippen molar-refractivity contribution >= 4 is 23.0 Å². The van der Waals surface area contributed by atoms with Gasteiger partial charge in [-0.2, -0.15) is 0 Å². The van der Waals surface area contributed by atoms with Gasteiger partial charge >= 0.3 is 0 Å². The first-order valence-corrected chi connectivity index (χ1v) is 7.04. The van der Waals surface area contributed by atoms with Crippen LogP contribution in [0.1, 0.15) is 30.5 Å². The molecule has 0 radical (unpaired) electrons. The zero-order valence-electron chi connectivity index (χ0n) is 12.6. The van der Waals surface area contributed by atoms with Gasteiger partial charge < -0.3 is 10.2 Å². The van der Waals surface area contributed by atoms with Crippen molar-refractivity contribution in [3.05, 3.63) is 41.0 Å². The van der Waals surface area contributed by atoms with Crippen LogP contribution in [0.5, 0.6) is 0 Å². The van der Waals surface area contributed by atoms with E-state index in [9.17, 15) is 0 Å². The molecule has 0 spiro atoms. The fraction of sp³-hybridized carbons (Fsp3) is 0.438. The Labute approximate surface area is 122 Å². The van der Waals surface area contributed by atoms with Crippen LogP contribution in [0, 0.1) is 20.8 Å². The van der Waals surface area contributed by atoms with Crippen molar-refractivity contribution in [3.8, 4) is 0 Å². The standard InChI is InChI=1S/C16H24N2S/c1-7-18(10-11(2)3)16(19)17-15-9-13(5)12(4)8-14(15)6/h8-9H,2,7,10H2,1,3-6H3,(H,17,19). The molecule has 3 heteroatoms. The number of hydrogen-bond acceptors (Lipinski definition) is 1. The SMILES string of the molecule is C=C(C)CN(CC)C(=S)Nc1cc(C)c(C)cc1C. The summed E-state index contributed by atoms with van der Waals surface area (Å²) in [6, 6.07) is 4.35. The first-order chi connectivity index (χ1) is 8.85. The summed E-state index contributed by atoms with van der Waals surface area (Å²) < 4.78 is 0. The molecular weight excluding hydrogens is 252 g/mol. The highest BCUT2D eigenvalue weighted by molar-refractivity contribution is 7.80. The van der Waals surface area contributed by atoms with Crippen LogP contribution in [0.4, 0.5) is 5.69 Å². The molecule has 0 saturated carbocycles. The number of hydrogen-bond donors (Lipinski definition) is 1. The van der Waals surface area contributed by atoms with Crippen molar-refractivity contribution in [2.75, 3.05) is 18.4 Å². The van der Waals surface area contributed by atoms with E-state index in [1.165, 1.54) is 16.7 Å². The van der Waals surface area contributed by atoms with Crippen LogP contribution in [-0.2, 0) is 0 Å². The molecule has 0 bridgehead atoms. The molecule has 104 valence electrons. The van der Waals surface area contributed by atoms with Crippen molar-refractivity contribution in [1.82, 2.24) is 4.90 Å². The van der Waals surface area contributed by atoms with E-state index in [-0.39, 0.29) is 0 Å². The number of aryl methyl sites for hydroxylation is 3. The molecule has 0 atom stereocenters. The molecule has 1 aromatic carbocycles. The van der Waals surface area contributed by atoms with E-state index in [0.717, 1.165) is 29.5 Å². The molecule has 0 aliphatic carbocycles. The van der Waals surface area contributed by atoms with E-state index in [4.69, 9.17) is 12.2 Å². The third kappa shape index (κ3) is 4.35. The summed E-state index contributed by atoms with van der Waals surface area (Å²) in [6.07, 6.45) is 0. The molecule has 0 aliphatic heterocycles. The van der Waals surface area contributed by atoms with Gasteiger partial charge in [-0.3, -0.25) is 0 Å². The maximum Gasteiger partial charge on any atom is 0.173 e. The number of likely N-dealkylation sites (N-methyl/N-ethyl adjacent to an activating group) is 1. The summed E-state index contributed by atoms with van der Waals surface area (Å²) in [5, 5.41) is 4.11. The molecule has 1 aromatic rings. The summed E-state index contributed by atoms with van der Waals surface area (Å²) in [4.78, 5) is 2.12. The molecule has 0 aromatic heterocycles. The quantitative estimate of drug-likeness (QED) is 0.655. The molecule has 0 amide bonds. The van der Waals surface area contributed by atoms with Gasteiger partial charge in [0.1, 0.15) is 0 Å². The average Bonchev–Trinajstić information content (AvgIpc) is 2.32. The topological polar surface area (TPSA) is 15.3 Å². The second-order valence-electron chi connectivity index (χ2n) is 5.15. The lowest BCUT2D eigenvalue weighted by atomic mass is 10.1. The highest BCUT2D eigenvalue weighted by atomic mass is 32.1. The van der Waals surface area contributed by atoms with Gasteiger partial charge in [-0.1, -0.05) is 18.2 Å². The zero-order valence-corrected chi connectivity index (χ0v) is 13.4. The predicted molar refractivity (Wildman–Crippen MR) is 88.9 cm³/mol. The van der Waals surface area contributed by atoms with Gasteiger partial charge in [0.05, 0.1) is 0 Å². The molecular formula is C16H24N2S. The van der Waals surface area contributed by atoms with Gasteiger partial charge in [0.2, 0.25) is 0 Å². The van der Waals surface area contributed by atoms with Crippen LogP contribution in [-0.4, -0.2) is 23.1 Å². The smallest absolute Gasteiger partial charge is 0.173 e. The Morgan fingerprint density at radius 3 is 2.32 bits per heavy atom. The second kappa shape index (κ2) is 6.71. The third-order valence-corrected chi connectivity index (χ3v) is 3.57. The Morgan fingerprint density at radius 2 is 1.79 bits per heavy atom. The average molecular weight is 276 g/mol. The van der Waals surface area contributed by atoms with Crippen LogP contribution in [0.25, 0.3) is 0 Å². The van der Waals surface area contributed by atoms with Gasteiger partial charge in [-0.15, -0.1) is 0 Å². The van der Waals surface area contributed by atoms with Crippen LogP contribution >= 0.6 is 12.2 Å². The number of rotatable bonds is 4. The molecule has 0 saturated heterocycles. The molecule has 19 heavy (non-hydrogen) atoms. The van der Waals surface area contributed by atoms with Crippen molar-refractivity contribution in [2.24, 2.45) is 0 Å². The number of anilines is 1. The van der Waals surface area contributed by atoms with Crippen LogP contribution in [0.3, 0.4) is 0 Å². The lowest BCUT2D eigenvalue weighted by Crippen LogP contribution is -2.35. The van der Waals surface area contributed by atoms with Crippen molar-refractivity contribution in [3.63, 3.8) is 0 Å². The van der Waals surface area contributed by atoms with E-state index in [1.807, 2.05) is 6.92 Å². The lowest BCUT2D eigenvalue weighted by molar-refractivity contribution is 0.485. The Morgan fingerprint density at radius 1 is 1.21 bits per heavy atom. The zero-order chi connectivity index (χ0) is 14.6. The monoisotopic (exact) mass is 276 g/mol. The number of nitrogens with one attached hydrogen (secondary N) is 1. The normalized spacial score (nSPS) is 10.2. The maximum atomic E-state index is 5.48. The lowest BCUT2D eigenvalue weighted by Gasteiger charge is -2.25. The first kappa shape index (κ1) is 15.7. The Bertz CT molecular complexity index is 492. The minimum Gasteiger partial charge on any atom is -0.345 e. The van der Waals surface area contributed by atoms with Gasteiger partial charge in [-0.05, 0) is 69.6 Å². The van der Waals surface area contributed by atoms with Gasteiger partial charge in [-0.25, -0.2) is 0 Å². The molecule has 1 rings (SSSR count). The van der Waals surface area contributed by atoms with E-state index in [1.54, 1.807) is 0 Å². The largest absolute Gasteiger partial charge is 0.345 e. The van der Waals surface area contributed by atoms with Crippen LogP contribution in [0.15, 0.2) is 24.3 Å². The molecule has 0 aliphatic rings. The van der Waals surface area contributed by atoms with Gasteiger partial charge in [0.15, 0.2) is 5.11 Å². The number of benzene rings is 1. The fourth-order valence-corrected chi connectivity index (χ4v) is 2.25. The van der Waals surface area contributed by atoms with Crippen molar-refractivity contribution in [2.45, 2.75) is 34.6 Å². The van der Waals surface area contributed by atoms with E-state index >= 15 is 0 Å². The Hall–Kier alpha value is -1.35. The van der Waals surface area contributed by atoms with Gasteiger partial charge in [0.25, 0.3) is 0 Å². The van der Waals surface area contributed by atoms with E-state index in [0.29, 0.717) is 0 Å². The molecule has 1 N–H and O–H groups in total. The van der Waals surface area contributed by atoms with Crippen LogP contribution < -0.4 is 5.32 Å². The fourth-order valence-electron chi connectivity index (χ4n) is 1.94. The second-order valence-corrected chi connectivity index (χ2v) is 5.54. The highest BCUT2D eigenvalue weighted by Gasteiger charge is 2.09. The molecule has 0 fully saturated rings. The van der Waals surface area contributed by atoms with E-state index in [2.05, 4.69) is 56.6 Å². The summed E-state index contributed by atoms with van der Waals surface area (Å²) in [6.45, 7) is 16.1. The number of thiocarbonyl (C=S) groups is 1. The van der Waals surface area contributed by atoms with Gasteiger partial charge in [0, 0.05) is 18.8 Å². The van der Waals surface area contributed by atoms with Crippen molar-refractivity contribution < 1.29 is 0 Å². The minimum absolute atomic E-state index is 0.761. The Balaban J connectivity index is 2.86. The summed E-state index contributed by atoms with van der Waals surface area (Å²) >= 11 is 5.48. The first-order valence-electron chi connectivity index (χ1n) is 6.63. The molecule has 0 heterocycles. The van der Waals surface area contributed by atoms with E-state index < -0.39 is 0 Å². The van der Waals surface area contributed by atoms with Crippen LogP contribution in [0.2, 0.25) is 0 Å². The molecule has 2 nitrogen and oxygen atoms in total. The summed E-state index contributed by atoms with van der Waals surface area (Å²) in [5.41, 5.74) is 6.01. The third-order valence-electron chi connectivity index (χ3n) is 3.21.